The van der Waals surface area contributed by atoms with Crippen molar-refractivity contribution in [1.29, 1.82) is 0 Å². The minimum atomic E-state index is -0.557. The van der Waals surface area contributed by atoms with E-state index >= 15 is 0 Å². The normalized spacial score (nSPS) is 10.3. The zero-order valence-corrected chi connectivity index (χ0v) is 11.7. The second kappa shape index (κ2) is 5.21. The van der Waals surface area contributed by atoms with Crippen LogP contribution >= 0.6 is 0 Å². The van der Waals surface area contributed by atoms with Gasteiger partial charge in [0.2, 0.25) is 5.88 Å². The molecule has 2 aromatic rings. The summed E-state index contributed by atoms with van der Waals surface area (Å²) in [5.41, 5.74) is 14.4. The molecule has 0 unspecified atom stereocenters. The average molecular weight is 271 g/mol. The molecule has 1 aromatic carbocycles. The number of hydrogen-bond donors (Lipinski definition) is 2. The van der Waals surface area contributed by atoms with E-state index in [4.69, 9.17) is 16.2 Å². The van der Waals surface area contributed by atoms with Crippen LogP contribution < -0.4 is 16.2 Å². The first-order valence-corrected chi connectivity index (χ1v) is 6.20. The summed E-state index contributed by atoms with van der Waals surface area (Å²) in [4.78, 5) is 15.8. The molecule has 0 bridgehead atoms. The Kier molecular flexibility index (Phi) is 3.61. The van der Waals surface area contributed by atoms with Crippen molar-refractivity contribution in [2.45, 2.75) is 20.8 Å². The Bertz CT molecular complexity index is 681. The van der Waals surface area contributed by atoms with E-state index in [2.05, 4.69) is 4.98 Å². The summed E-state index contributed by atoms with van der Waals surface area (Å²) in [7, 11) is 0. The Labute approximate surface area is 117 Å². The number of hydrogen-bond acceptors (Lipinski definition) is 4. The molecular formula is C15H17N3O2. The number of rotatable bonds is 3. The van der Waals surface area contributed by atoms with Gasteiger partial charge in [-0.05, 0) is 56.2 Å². The molecule has 0 aliphatic heterocycles. The maximum Gasteiger partial charge on any atom is 0.254 e. The van der Waals surface area contributed by atoms with Crippen molar-refractivity contribution in [2.24, 2.45) is 5.73 Å². The Hall–Kier alpha value is -2.56. The first kappa shape index (κ1) is 13.9. The molecule has 0 aliphatic carbocycles. The van der Waals surface area contributed by atoms with Crippen LogP contribution in [0.3, 0.4) is 0 Å². The van der Waals surface area contributed by atoms with Crippen LogP contribution in [0.25, 0.3) is 0 Å². The van der Waals surface area contributed by atoms with Gasteiger partial charge in [-0.25, -0.2) is 4.98 Å². The molecule has 0 spiro atoms. The summed E-state index contributed by atoms with van der Waals surface area (Å²) in [6, 6.07) is 7.06. The Balaban J connectivity index is 2.50. The Morgan fingerprint density at radius 2 is 1.85 bits per heavy atom. The molecule has 1 aromatic heterocycles. The van der Waals surface area contributed by atoms with Crippen LogP contribution in [0.1, 0.15) is 27.2 Å². The number of carbonyl (C=O) groups excluding carboxylic acids is 1. The molecule has 2 rings (SSSR count). The highest BCUT2D eigenvalue weighted by Gasteiger charge is 2.16. The van der Waals surface area contributed by atoms with Gasteiger partial charge in [0, 0.05) is 11.4 Å². The number of benzene rings is 1. The molecule has 5 nitrogen and oxygen atoms in total. The van der Waals surface area contributed by atoms with E-state index in [1.165, 1.54) is 0 Å². The summed E-state index contributed by atoms with van der Waals surface area (Å²) < 4.78 is 5.75. The van der Waals surface area contributed by atoms with Gasteiger partial charge in [-0.2, -0.15) is 0 Å². The molecule has 1 heterocycles. The van der Waals surface area contributed by atoms with Gasteiger partial charge in [-0.3, -0.25) is 4.79 Å². The molecular weight excluding hydrogens is 254 g/mol. The zero-order chi connectivity index (χ0) is 14.9. The minimum absolute atomic E-state index is 0.225. The molecule has 104 valence electrons. The molecule has 1 amide bonds. The van der Waals surface area contributed by atoms with E-state index in [9.17, 15) is 4.79 Å². The van der Waals surface area contributed by atoms with E-state index in [-0.39, 0.29) is 5.88 Å². The molecule has 0 aliphatic rings. The third-order valence-corrected chi connectivity index (χ3v) is 2.96. The summed E-state index contributed by atoms with van der Waals surface area (Å²) in [6.45, 7) is 5.51. The number of aromatic nitrogens is 1. The minimum Gasteiger partial charge on any atom is -0.438 e. The van der Waals surface area contributed by atoms with E-state index < -0.39 is 5.91 Å². The van der Waals surface area contributed by atoms with Crippen molar-refractivity contribution in [3.05, 3.63) is 46.6 Å². The summed E-state index contributed by atoms with van der Waals surface area (Å²) in [5.74, 6) is 0.264. The highest BCUT2D eigenvalue weighted by molar-refractivity contribution is 5.96. The number of nitrogens with zero attached hydrogens (tertiary/aromatic N) is 1. The SMILES string of the molecule is Cc1cc(C)c(C(N)=O)c(Oc2ccc(N)cc2C)n1. The fourth-order valence-corrected chi connectivity index (χ4v) is 2.07. The summed E-state index contributed by atoms with van der Waals surface area (Å²) >= 11 is 0. The van der Waals surface area contributed by atoms with Crippen LogP contribution in [0.4, 0.5) is 5.69 Å². The summed E-state index contributed by atoms with van der Waals surface area (Å²) in [5, 5.41) is 0. The highest BCUT2D eigenvalue weighted by atomic mass is 16.5. The topological polar surface area (TPSA) is 91.2 Å². The van der Waals surface area contributed by atoms with Crippen LogP contribution in [0.5, 0.6) is 11.6 Å². The summed E-state index contributed by atoms with van der Waals surface area (Å²) in [6.07, 6.45) is 0. The second-order valence-electron chi connectivity index (χ2n) is 4.75. The van der Waals surface area contributed by atoms with Crippen LogP contribution in [-0.4, -0.2) is 10.9 Å². The first-order chi connectivity index (χ1) is 9.38. The van der Waals surface area contributed by atoms with Gasteiger partial charge in [0.15, 0.2) is 0 Å². The van der Waals surface area contributed by atoms with Crippen molar-refractivity contribution in [3.63, 3.8) is 0 Å². The van der Waals surface area contributed by atoms with Crippen molar-refractivity contribution in [1.82, 2.24) is 4.98 Å². The molecule has 0 saturated carbocycles. The number of aryl methyl sites for hydroxylation is 3. The number of primary amides is 1. The lowest BCUT2D eigenvalue weighted by Crippen LogP contribution is -2.15. The smallest absolute Gasteiger partial charge is 0.254 e. The van der Waals surface area contributed by atoms with Gasteiger partial charge in [-0.1, -0.05) is 0 Å². The standard InChI is InChI=1S/C15H17N3O2/c1-8-7-11(16)4-5-12(8)20-15-13(14(17)19)9(2)6-10(3)18-15/h4-7H,16H2,1-3H3,(H2,17,19). The van der Waals surface area contributed by atoms with E-state index in [0.717, 1.165) is 16.8 Å². The van der Waals surface area contributed by atoms with E-state index in [1.54, 1.807) is 31.2 Å². The maximum atomic E-state index is 11.6. The van der Waals surface area contributed by atoms with Crippen molar-refractivity contribution in [3.8, 4) is 11.6 Å². The number of carbonyl (C=O) groups is 1. The van der Waals surface area contributed by atoms with Crippen LogP contribution in [0, 0.1) is 20.8 Å². The second-order valence-corrected chi connectivity index (χ2v) is 4.75. The third-order valence-electron chi connectivity index (χ3n) is 2.96. The number of ether oxygens (including phenoxy) is 1. The molecule has 0 atom stereocenters. The first-order valence-electron chi connectivity index (χ1n) is 6.20. The van der Waals surface area contributed by atoms with E-state index in [1.807, 2.05) is 13.8 Å². The van der Waals surface area contributed by atoms with Crippen LogP contribution in [0.15, 0.2) is 24.3 Å². The maximum absolute atomic E-state index is 11.6. The van der Waals surface area contributed by atoms with Gasteiger partial charge in [-0.15, -0.1) is 0 Å². The number of pyridine rings is 1. The average Bonchev–Trinajstić information content (AvgIpc) is 2.31. The van der Waals surface area contributed by atoms with Gasteiger partial charge in [0.25, 0.3) is 5.91 Å². The van der Waals surface area contributed by atoms with Gasteiger partial charge in [0.05, 0.1) is 0 Å². The molecule has 5 heteroatoms. The van der Waals surface area contributed by atoms with Gasteiger partial charge < -0.3 is 16.2 Å². The predicted molar refractivity (Wildman–Crippen MR) is 77.9 cm³/mol. The zero-order valence-electron chi connectivity index (χ0n) is 11.7. The molecule has 4 N–H and O–H groups in total. The molecule has 20 heavy (non-hydrogen) atoms. The van der Waals surface area contributed by atoms with E-state index in [0.29, 0.717) is 17.0 Å². The lowest BCUT2D eigenvalue weighted by molar-refractivity contribution is 0.0997. The molecule has 0 saturated heterocycles. The fourth-order valence-electron chi connectivity index (χ4n) is 2.07. The Morgan fingerprint density at radius 1 is 1.15 bits per heavy atom. The number of nitrogen functional groups attached to an aromatic ring is 1. The van der Waals surface area contributed by atoms with Crippen molar-refractivity contribution in [2.75, 3.05) is 5.73 Å². The van der Waals surface area contributed by atoms with Crippen LogP contribution in [-0.2, 0) is 0 Å². The van der Waals surface area contributed by atoms with Gasteiger partial charge in [0.1, 0.15) is 11.3 Å². The lowest BCUT2D eigenvalue weighted by Gasteiger charge is -2.13. The Morgan fingerprint density at radius 3 is 2.45 bits per heavy atom. The highest BCUT2D eigenvalue weighted by Crippen LogP contribution is 2.29. The largest absolute Gasteiger partial charge is 0.438 e. The van der Waals surface area contributed by atoms with Crippen LogP contribution in [0.2, 0.25) is 0 Å². The quantitative estimate of drug-likeness (QED) is 0.839. The van der Waals surface area contributed by atoms with Crippen molar-refractivity contribution >= 4 is 11.6 Å². The monoisotopic (exact) mass is 271 g/mol. The predicted octanol–water partition coefficient (Wildman–Crippen LogP) is 2.48. The van der Waals surface area contributed by atoms with Gasteiger partial charge >= 0.3 is 0 Å². The molecule has 0 fully saturated rings. The number of amides is 1. The third kappa shape index (κ3) is 2.71. The van der Waals surface area contributed by atoms with Crippen molar-refractivity contribution < 1.29 is 9.53 Å². The lowest BCUT2D eigenvalue weighted by atomic mass is 10.1. The molecule has 0 radical (unpaired) electrons. The number of nitrogens with two attached hydrogens (primary N) is 2. The fraction of sp³-hybridized carbons (Fsp3) is 0.200. The number of anilines is 1.